The van der Waals surface area contributed by atoms with E-state index in [1.807, 2.05) is 0 Å². The molecule has 14 heteroatoms. The van der Waals surface area contributed by atoms with Gasteiger partial charge in [0.15, 0.2) is 9.84 Å². The van der Waals surface area contributed by atoms with Gasteiger partial charge in [-0.05, 0) is 67.9 Å². The minimum atomic E-state index is -6.35. The molecular formula is C27H27F8NO4S. The van der Waals surface area contributed by atoms with E-state index in [4.69, 9.17) is 0 Å². The Bertz CT molecular complexity index is 1340. The summed E-state index contributed by atoms with van der Waals surface area (Å²) >= 11 is 0. The van der Waals surface area contributed by atoms with Gasteiger partial charge in [-0.25, -0.2) is 17.2 Å². The minimum absolute atomic E-state index is 0.0253. The monoisotopic (exact) mass is 613 g/mol. The van der Waals surface area contributed by atoms with Crippen LogP contribution in [-0.2, 0) is 25.0 Å². The molecule has 0 spiro atoms. The maximum absolute atomic E-state index is 14.6. The highest BCUT2D eigenvalue weighted by molar-refractivity contribution is 7.92. The van der Waals surface area contributed by atoms with Crippen LogP contribution in [0.2, 0.25) is 0 Å². The Kier molecular flexibility index (Phi) is 8.24. The van der Waals surface area contributed by atoms with Crippen molar-refractivity contribution in [3.63, 3.8) is 0 Å². The molecule has 1 saturated heterocycles. The van der Waals surface area contributed by atoms with Gasteiger partial charge in [-0.3, -0.25) is 4.79 Å². The van der Waals surface area contributed by atoms with Crippen molar-refractivity contribution in [2.24, 2.45) is 11.8 Å². The van der Waals surface area contributed by atoms with Crippen LogP contribution in [0.15, 0.2) is 53.4 Å². The van der Waals surface area contributed by atoms with Gasteiger partial charge in [0.1, 0.15) is 10.6 Å². The third-order valence-electron chi connectivity index (χ3n) is 8.23. The lowest BCUT2D eigenvalue weighted by atomic mass is 9.82. The lowest BCUT2D eigenvalue weighted by Crippen LogP contribution is -2.50. The fourth-order valence-electron chi connectivity index (χ4n) is 5.76. The average molecular weight is 614 g/mol. The molecule has 5 nitrogen and oxygen atoms in total. The van der Waals surface area contributed by atoms with Crippen LogP contribution in [0, 0.1) is 17.7 Å². The van der Waals surface area contributed by atoms with Crippen molar-refractivity contribution in [2.45, 2.75) is 59.8 Å². The summed E-state index contributed by atoms with van der Waals surface area (Å²) in [5, 5.41) is 9.36. The molecule has 1 saturated carbocycles. The van der Waals surface area contributed by atoms with E-state index >= 15 is 0 Å². The number of carbonyl (C=O) groups excluding carboxylic acids is 1. The molecular weight excluding hydrogens is 586 g/mol. The summed E-state index contributed by atoms with van der Waals surface area (Å²) in [6.07, 6.45) is -10.9. The second-order valence-corrected chi connectivity index (χ2v) is 12.9. The van der Waals surface area contributed by atoms with Gasteiger partial charge in [0, 0.05) is 31.2 Å². The van der Waals surface area contributed by atoms with Crippen molar-refractivity contribution in [3.05, 3.63) is 65.5 Å². The molecule has 2 aromatic carbocycles. The van der Waals surface area contributed by atoms with Gasteiger partial charge in [-0.2, -0.15) is 26.3 Å². The number of carbonyl (C=O) groups is 1. The Labute approximate surface area is 231 Å². The van der Waals surface area contributed by atoms with E-state index in [9.17, 15) is 53.4 Å². The summed E-state index contributed by atoms with van der Waals surface area (Å²) in [5.41, 5.74) is -7.72. The van der Waals surface area contributed by atoms with Gasteiger partial charge in [0.2, 0.25) is 5.91 Å². The van der Waals surface area contributed by atoms with Crippen molar-refractivity contribution in [2.75, 3.05) is 19.7 Å². The maximum Gasteiger partial charge on any atom is 0.435 e. The second kappa shape index (κ2) is 10.8. The molecule has 0 radical (unpaired) electrons. The number of aliphatic hydroxyl groups excluding tert-OH is 1. The zero-order chi connectivity index (χ0) is 30.4. The summed E-state index contributed by atoms with van der Waals surface area (Å²) in [5.74, 6) is -1.51. The van der Waals surface area contributed by atoms with Crippen LogP contribution in [0.25, 0.3) is 0 Å². The van der Waals surface area contributed by atoms with Gasteiger partial charge in [0.05, 0.1) is 4.90 Å². The minimum Gasteiger partial charge on any atom is -0.396 e. The van der Waals surface area contributed by atoms with Gasteiger partial charge in [-0.1, -0.05) is 24.3 Å². The van der Waals surface area contributed by atoms with Crippen LogP contribution in [0.1, 0.15) is 43.2 Å². The maximum atomic E-state index is 14.6. The Balaban J connectivity index is 1.76. The predicted octanol–water partition coefficient (Wildman–Crippen LogP) is 5.82. The van der Waals surface area contributed by atoms with Crippen molar-refractivity contribution in [3.8, 4) is 0 Å². The van der Waals surface area contributed by atoms with Crippen LogP contribution in [-0.4, -0.2) is 56.4 Å². The number of halogens is 8. The average Bonchev–Trinajstić information content (AvgIpc) is 3.39. The predicted molar refractivity (Wildman–Crippen MR) is 130 cm³/mol. The lowest BCUT2D eigenvalue weighted by molar-refractivity contribution is -0.348. The van der Waals surface area contributed by atoms with E-state index in [-0.39, 0.29) is 54.0 Å². The van der Waals surface area contributed by atoms with Crippen molar-refractivity contribution in [1.82, 2.24) is 4.90 Å². The van der Waals surface area contributed by atoms with Crippen LogP contribution < -0.4 is 0 Å². The van der Waals surface area contributed by atoms with E-state index in [0.717, 1.165) is 24.3 Å². The molecule has 1 aliphatic carbocycles. The molecule has 1 heterocycles. The number of nitrogens with zero attached hydrogens (tertiary/aromatic N) is 1. The van der Waals surface area contributed by atoms with E-state index in [0.29, 0.717) is 37.8 Å². The van der Waals surface area contributed by atoms with Crippen LogP contribution in [0.3, 0.4) is 0 Å². The molecule has 0 bridgehead atoms. The highest BCUT2D eigenvalue weighted by Gasteiger charge is 2.73. The molecule has 4 rings (SSSR count). The Morgan fingerprint density at radius 2 is 1.41 bits per heavy atom. The topological polar surface area (TPSA) is 74.7 Å². The van der Waals surface area contributed by atoms with E-state index < -0.39 is 56.4 Å². The molecule has 1 atom stereocenters. The molecule has 1 aliphatic heterocycles. The van der Waals surface area contributed by atoms with Gasteiger partial charge >= 0.3 is 18.0 Å². The van der Waals surface area contributed by atoms with E-state index in [1.165, 1.54) is 4.90 Å². The van der Waals surface area contributed by atoms with Crippen molar-refractivity contribution < 1.29 is 53.4 Å². The van der Waals surface area contributed by atoms with Crippen LogP contribution in [0.5, 0.6) is 0 Å². The third kappa shape index (κ3) is 5.33. The molecule has 1 unspecified atom stereocenters. The lowest BCUT2D eigenvalue weighted by Gasteiger charge is -2.33. The zero-order valence-electron chi connectivity index (χ0n) is 21.5. The highest BCUT2D eigenvalue weighted by atomic mass is 32.2. The molecule has 1 amide bonds. The van der Waals surface area contributed by atoms with E-state index in [2.05, 4.69) is 0 Å². The summed E-state index contributed by atoms with van der Waals surface area (Å²) in [4.78, 5) is 14.3. The first kappa shape index (κ1) is 31.2. The largest absolute Gasteiger partial charge is 0.435 e. The fourth-order valence-corrected chi connectivity index (χ4v) is 7.84. The zero-order valence-corrected chi connectivity index (χ0v) is 22.3. The van der Waals surface area contributed by atoms with Crippen molar-refractivity contribution in [1.29, 1.82) is 0 Å². The number of hydrogen-bond donors (Lipinski definition) is 1. The van der Waals surface area contributed by atoms with E-state index in [1.54, 1.807) is 0 Å². The summed E-state index contributed by atoms with van der Waals surface area (Å²) in [6.45, 7) is -0.578. The number of hydrogen-bond acceptors (Lipinski definition) is 4. The van der Waals surface area contributed by atoms with Crippen LogP contribution in [0.4, 0.5) is 35.1 Å². The summed E-state index contributed by atoms with van der Waals surface area (Å²) < 4.78 is 134. The third-order valence-corrected chi connectivity index (χ3v) is 10.7. The Morgan fingerprint density at radius 3 is 1.90 bits per heavy atom. The molecule has 226 valence electrons. The number of aliphatic hydroxyl groups is 1. The van der Waals surface area contributed by atoms with Gasteiger partial charge < -0.3 is 10.0 Å². The number of amides is 1. The Morgan fingerprint density at radius 1 is 0.878 bits per heavy atom. The molecule has 1 N–H and O–H groups in total. The molecule has 0 aromatic heterocycles. The number of sulfone groups is 1. The summed E-state index contributed by atoms with van der Waals surface area (Å²) in [6, 6.07) is 5.60. The van der Waals surface area contributed by atoms with Crippen LogP contribution >= 0.6 is 0 Å². The van der Waals surface area contributed by atoms with Crippen molar-refractivity contribution >= 4 is 15.7 Å². The first-order valence-electron chi connectivity index (χ1n) is 12.8. The number of alkyl halides is 7. The van der Waals surface area contributed by atoms with Gasteiger partial charge in [-0.15, -0.1) is 0 Å². The molecule has 41 heavy (non-hydrogen) atoms. The number of benzene rings is 2. The standard InChI is InChI=1S/C27H27F8NO4S/c28-21-9-11-22(12-10-21)41(39,40)24(13-14-36(16-24)23(38)18-3-1-17(15-37)2-4-18)19-5-7-20(8-6-19)25(29,26(30,31)32)27(33,34)35/h5-12,17-18,37H,1-4,13-16H2. The molecule has 2 aliphatic rings. The smallest absolute Gasteiger partial charge is 0.396 e. The highest BCUT2D eigenvalue weighted by Crippen LogP contribution is 2.54. The number of rotatable bonds is 6. The summed E-state index contributed by atoms with van der Waals surface area (Å²) in [7, 11) is -4.52. The SMILES string of the molecule is O=C(C1CCC(CO)CC1)N1CCC(c2ccc(C(F)(C(F)(F)F)C(F)(F)F)cc2)(S(=O)(=O)c2ccc(F)cc2)C1. The van der Waals surface area contributed by atoms with Gasteiger partial charge in [0.25, 0.3) is 0 Å². The second-order valence-electron chi connectivity index (χ2n) is 10.6. The Hall–Kier alpha value is -2.74. The first-order valence-corrected chi connectivity index (χ1v) is 14.3. The number of likely N-dealkylation sites (tertiary alicyclic amines) is 1. The molecule has 2 aromatic rings. The quantitative estimate of drug-likeness (QED) is 0.330. The normalized spacial score (nSPS) is 24.5. The fraction of sp³-hybridized carbons (Fsp3) is 0.519. The first-order chi connectivity index (χ1) is 19.0. The molecule has 2 fully saturated rings.